The average molecular weight is 429 g/mol. The summed E-state index contributed by atoms with van der Waals surface area (Å²) in [5, 5.41) is 19.8. The standard InChI is InChI=1S/C23H33FN6O/c1-2-16(24)13-27-23-28-14-20(22(30-23)29-18-6-8-19(31)9-7-18)21-10-3-15(12-26-21)11-25-17-4-5-17/h3,10,12,14,16-19,25,31H,2,4-9,11,13H2,1H3,(H2,27,28,29,30)/t16-,18?,19?/m0/s1. The van der Waals surface area contributed by atoms with Crippen molar-refractivity contribution in [3.05, 3.63) is 30.1 Å². The highest BCUT2D eigenvalue weighted by Gasteiger charge is 2.22. The Morgan fingerprint density at radius 2 is 1.84 bits per heavy atom. The van der Waals surface area contributed by atoms with Crippen molar-refractivity contribution in [2.75, 3.05) is 17.2 Å². The van der Waals surface area contributed by atoms with Gasteiger partial charge in [0.05, 0.1) is 17.4 Å². The van der Waals surface area contributed by atoms with Gasteiger partial charge in [0.1, 0.15) is 12.0 Å². The normalized spacial score (nSPS) is 22.2. The maximum Gasteiger partial charge on any atom is 0.224 e. The van der Waals surface area contributed by atoms with E-state index in [0.29, 0.717) is 24.2 Å². The van der Waals surface area contributed by atoms with E-state index in [0.717, 1.165) is 49.0 Å². The predicted molar refractivity (Wildman–Crippen MR) is 121 cm³/mol. The van der Waals surface area contributed by atoms with Crippen LogP contribution in [0.3, 0.4) is 0 Å². The predicted octanol–water partition coefficient (Wildman–Crippen LogP) is 3.67. The number of pyridine rings is 1. The number of aliphatic hydroxyl groups excluding tert-OH is 1. The molecule has 0 unspecified atom stereocenters. The molecule has 168 valence electrons. The molecule has 2 aromatic rings. The molecule has 2 aromatic heterocycles. The van der Waals surface area contributed by atoms with Crippen LogP contribution in [-0.2, 0) is 6.54 Å². The monoisotopic (exact) mass is 428 g/mol. The maximum absolute atomic E-state index is 13.7. The Bertz CT molecular complexity index is 836. The van der Waals surface area contributed by atoms with Crippen LogP contribution >= 0.6 is 0 Å². The quantitative estimate of drug-likeness (QED) is 0.459. The number of aliphatic hydroxyl groups is 1. The van der Waals surface area contributed by atoms with Gasteiger partial charge in [-0.15, -0.1) is 0 Å². The molecule has 0 saturated heterocycles. The van der Waals surface area contributed by atoms with Gasteiger partial charge < -0.3 is 21.1 Å². The van der Waals surface area contributed by atoms with Crippen LogP contribution in [0.4, 0.5) is 16.2 Å². The summed E-state index contributed by atoms with van der Waals surface area (Å²) in [4.78, 5) is 13.7. The Morgan fingerprint density at radius 3 is 2.52 bits per heavy atom. The number of nitrogens with one attached hydrogen (secondary N) is 3. The first-order valence-corrected chi connectivity index (χ1v) is 11.5. The first kappa shape index (κ1) is 21.9. The van der Waals surface area contributed by atoms with Crippen molar-refractivity contribution < 1.29 is 9.50 Å². The summed E-state index contributed by atoms with van der Waals surface area (Å²) in [6, 6.07) is 4.98. The molecule has 1 atom stereocenters. The SMILES string of the molecule is CC[C@H](F)CNc1ncc(-c2ccc(CNC3CC3)cn2)c(NC2CCC(O)CC2)n1. The van der Waals surface area contributed by atoms with Crippen molar-refractivity contribution in [2.45, 2.75) is 82.8 Å². The van der Waals surface area contributed by atoms with Gasteiger partial charge in [-0.05, 0) is 56.6 Å². The molecule has 0 bridgehead atoms. The van der Waals surface area contributed by atoms with Gasteiger partial charge in [0.25, 0.3) is 0 Å². The molecule has 31 heavy (non-hydrogen) atoms. The lowest BCUT2D eigenvalue weighted by Crippen LogP contribution is -2.29. The molecule has 2 aliphatic carbocycles. The van der Waals surface area contributed by atoms with Gasteiger partial charge in [-0.25, -0.2) is 9.37 Å². The lowest BCUT2D eigenvalue weighted by molar-refractivity contribution is 0.126. The lowest BCUT2D eigenvalue weighted by atomic mass is 9.93. The first-order chi connectivity index (χ1) is 15.1. The second-order valence-electron chi connectivity index (χ2n) is 8.70. The van der Waals surface area contributed by atoms with Gasteiger partial charge in [0.15, 0.2) is 0 Å². The van der Waals surface area contributed by atoms with E-state index in [1.54, 1.807) is 6.20 Å². The summed E-state index contributed by atoms with van der Waals surface area (Å²) in [5.41, 5.74) is 2.78. The third-order valence-corrected chi connectivity index (χ3v) is 6.02. The van der Waals surface area contributed by atoms with Crippen LogP contribution in [0.1, 0.15) is 57.4 Å². The molecule has 2 fully saturated rings. The Kier molecular flexibility index (Phi) is 7.29. The van der Waals surface area contributed by atoms with E-state index >= 15 is 0 Å². The van der Waals surface area contributed by atoms with Crippen molar-refractivity contribution >= 4 is 11.8 Å². The van der Waals surface area contributed by atoms with Crippen LogP contribution < -0.4 is 16.0 Å². The van der Waals surface area contributed by atoms with Gasteiger partial charge in [0, 0.05) is 37.6 Å². The average Bonchev–Trinajstić information content (AvgIpc) is 3.63. The summed E-state index contributed by atoms with van der Waals surface area (Å²) < 4.78 is 13.7. The van der Waals surface area contributed by atoms with Crippen LogP contribution in [0, 0.1) is 0 Å². The topological polar surface area (TPSA) is 95.0 Å². The minimum absolute atomic E-state index is 0.186. The Balaban J connectivity index is 1.51. The van der Waals surface area contributed by atoms with Crippen LogP contribution in [0.25, 0.3) is 11.3 Å². The smallest absolute Gasteiger partial charge is 0.224 e. The zero-order valence-electron chi connectivity index (χ0n) is 18.1. The first-order valence-electron chi connectivity index (χ1n) is 11.5. The van der Waals surface area contributed by atoms with E-state index in [9.17, 15) is 9.50 Å². The van der Waals surface area contributed by atoms with E-state index in [2.05, 4.69) is 37.0 Å². The number of hydrogen-bond donors (Lipinski definition) is 4. The van der Waals surface area contributed by atoms with Gasteiger partial charge in [-0.2, -0.15) is 4.98 Å². The van der Waals surface area contributed by atoms with Crippen LogP contribution in [0.2, 0.25) is 0 Å². The van der Waals surface area contributed by atoms with Gasteiger partial charge in [0.2, 0.25) is 5.95 Å². The fourth-order valence-corrected chi connectivity index (χ4v) is 3.76. The highest BCUT2D eigenvalue weighted by Crippen LogP contribution is 2.29. The van der Waals surface area contributed by atoms with E-state index in [-0.39, 0.29) is 18.7 Å². The van der Waals surface area contributed by atoms with E-state index in [4.69, 9.17) is 0 Å². The number of nitrogens with zero attached hydrogens (tertiary/aromatic N) is 3. The molecule has 0 spiro atoms. The van der Waals surface area contributed by atoms with Crippen molar-refractivity contribution in [3.63, 3.8) is 0 Å². The molecule has 0 aliphatic heterocycles. The van der Waals surface area contributed by atoms with Crippen LogP contribution in [-0.4, -0.2) is 51.0 Å². The zero-order chi connectivity index (χ0) is 21.6. The fraction of sp³-hybridized carbons (Fsp3) is 0.609. The van der Waals surface area contributed by atoms with Gasteiger partial charge in [-0.1, -0.05) is 13.0 Å². The second kappa shape index (κ2) is 10.3. The lowest BCUT2D eigenvalue weighted by Gasteiger charge is -2.27. The summed E-state index contributed by atoms with van der Waals surface area (Å²) in [6.45, 7) is 2.83. The second-order valence-corrected chi connectivity index (χ2v) is 8.70. The number of anilines is 2. The van der Waals surface area contributed by atoms with E-state index in [1.165, 1.54) is 12.8 Å². The molecule has 0 aromatic carbocycles. The molecular weight excluding hydrogens is 395 g/mol. The zero-order valence-corrected chi connectivity index (χ0v) is 18.1. The Hall–Kier alpha value is -2.32. The Morgan fingerprint density at radius 1 is 1.06 bits per heavy atom. The number of alkyl halides is 1. The molecule has 0 radical (unpaired) electrons. The molecule has 2 saturated carbocycles. The van der Waals surface area contributed by atoms with Crippen molar-refractivity contribution in [1.29, 1.82) is 0 Å². The largest absolute Gasteiger partial charge is 0.393 e. The van der Waals surface area contributed by atoms with Crippen molar-refractivity contribution in [1.82, 2.24) is 20.3 Å². The minimum atomic E-state index is -0.932. The molecule has 4 rings (SSSR count). The number of hydrogen-bond acceptors (Lipinski definition) is 7. The number of aromatic nitrogens is 3. The molecular formula is C23H33FN6O. The Labute approximate surface area is 183 Å². The summed E-state index contributed by atoms with van der Waals surface area (Å²) >= 11 is 0. The molecule has 8 heteroatoms. The summed E-state index contributed by atoms with van der Waals surface area (Å²) in [5.74, 6) is 1.10. The third-order valence-electron chi connectivity index (χ3n) is 6.02. The summed E-state index contributed by atoms with van der Waals surface area (Å²) in [7, 11) is 0. The van der Waals surface area contributed by atoms with Crippen molar-refractivity contribution in [3.8, 4) is 11.3 Å². The molecule has 2 heterocycles. The van der Waals surface area contributed by atoms with Crippen LogP contribution in [0.15, 0.2) is 24.5 Å². The maximum atomic E-state index is 13.7. The highest BCUT2D eigenvalue weighted by atomic mass is 19.1. The van der Waals surface area contributed by atoms with Crippen molar-refractivity contribution in [2.24, 2.45) is 0 Å². The highest BCUT2D eigenvalue weighted by molar-refractivity contribution is 5.73. The van der Waals surface area contributed by atoms with Crippen LogP contribution in [0.5, 0.6) is 0 Å². The summed E-state index contributed by atoms with van der Waals surface area (Å²) in [6.07, 6.45) is 8.80. The molecule has 4 N–H and O–H groups in total. The molecule has 0 amide bonds. The number of rotatable bonds is 10. The third kappa shape index (κ3) is 6.33. The van der Waals surface area contributed by atoms with Gasteiger partial charge in [-0.3, -0.25) is 4.98 Å². The van der Waals surface area contributed by atoms with E-state index in [1.807, 2.05) is 19.2 Å². The molecule has 2 aliphatic rings. The fourth-order valence-electron chi connectivity index (χ4n) is 3.76. The minimum Gasteiger partial charge on any atom is -0.393 e. The van der Waals surface area contributed by atoms with Gasteiger partial charge >= 0.3 is 0 Å². The molecule has 7 nitrogen and oxygen atoms in total. The number of halogens is 1. The van der Waals surface area contributed by atoms with E-state index < -0.39 is 6.17 Å².